The molecule has 0 saturated carbocycles. The highest BCUT2D eigenvalue weighted by Crippen LogP contribution is 2.10. The zero-order valence-electron chi connectivity index (χ0n) is 10.7. The molecule has 2 heterocycles. The molecular weight excluding hydrogens is 216 g/mol. The highest BCUT2D eigenvalue weighted by Gasteiger charge is 2.08. The summed E-state index contributed by atoms with van der Waals surface area (Å²) >= 11 is 0. The first kappa shape index (κ1) is 11.8. The maximum Gasteiger partial charge on any atom is 0.107 e. The van der Waals surface area contributed by atoms with E-state index in [4.69, 9.17) is 0 Å². The van der Waals surface area contributed by atoms with E-state index in [0.717, 1.165) is 23.6 Å². The minimum Gasteiger partial charge on any atom is -0.309 e. The highest BCUT2D eigenvalue weighted by atomic mass is 15.4. The molecule has 0 aliphatic heterocycles. The molecule has 6 nitrogen and oxygen atoms in total. The molecule has 1 N–H and O–H groups in total. The van der Waals surface area contributed by atoms with Crippen molar-refractivity contribution in [1.29, 1.82) is 0 Å². The lowest BCUT2D eigenvalue weighted by atomic mass is 10.3. The molecule has 0 spiro atoms. The van der Waals surface area contributed by atoms with Crippen LogP contribution >= 0.6 is 0 Å². The zero-order chi connectivity index (χ0) is 12.4. The molecule has 2 rings (SSSR count). The molecule has 6 heteroatoms. The Morgan fingerprint density at radius 1 is 1.35 bits per heavy atom. The predicted molar refractivity (Wildman–Crippen MR) is 64.8 cm³/mol. The summed E-state index contributed by atoms with van der Waals surface area (Å²) in [5.41, 5.74) is 2.85. The topological polar surface area (TPSA) is 60.6 Å². The SMILES string of the molecule is Cc1nn(C)cc1-n1cc(CNC(C)C)nn1. The van der Waals surface area contributed by atoms with Crippen molar-refractivity contribution in [3.05, 3.63) is 23.8 Å². The largest absolute Gasteiger partial charge is 0.309 e. The molecule has 0 bridgehead atoms. The second-order valence-corrected chi connectivity index (χ2v) is 4.46. The van der Waals surface area contributed by atoms with Gasteiger partial charge >= 0.3 is 0 Å². The van der Waals surface area contributed by atoms with Gasteiger partial charge in [-0.25, -0.2) is 4.68 Å². The van der Waals surface area contributed by atoms with Crippen LogP contribution in [-0.4, -0.2) is 30.8 Å². The quantitative estimate of drug-likeness (QED) is 0.850. The number of aromatic nitrogens is 5. The van der Waals surface area contributed by atoms with Crippen molar-refractivity contribution >= 4 is 0 Å². The summed E-state index contributed by atoms with van der Waals surface area (Å²) in [5.74, 6) is 0. The van der Waals surface area contributed by atoms with Gasteiger partial charge in [0, 0.05) is 19.6 Å². The van der Waals surface area contributed by atoms with E-state index in [1.54, 1.807) is 9.36 Å². The molecule has 17 heavy (non-hydrogen) atoms. The van der Waals surface area contributed by atoms with Gasteiger partial charge in [-0.3, -0.25) is 4.68 Å². The summed E-state index contributed by atoms with van der Waals surface area (Å²) in [5, 5.41) is 15.8. The molecule has 0 unspecified atom stereocenters. The molecule has 0 aromatic carbocycles. The molecular formula is C11H18N6. The summed E-state index contributed by atoms with van der Waals surface area (Å²) in [6.07, 6.45) is 3.86. The minimum absolute atomic E-state index is 0.445. The van der Waals surface area contributed by atoms with Crippen molar-refractivity contribution in [2.75, 3.05) is 0 Å². The standard InChI is InChI=1S/C11H18N6/c1-8(2)12-5-10-6-17(15-13-10)11-7-16(4)14-9(11)3/h6-8,12H,5H2,1-4H3. The molecule has 0 amide bonds. The van der Waals surface area contributed by atoms with E-state index < -0.39 is 0 Å². The van der Waals surface area contributed by atoms with E-state index >= 15 is 0 Å². The van der Waals surface area contributed by atoms with Gasteiger partial charge in [0.05, 0.1) is 23.8 Å². The van der Waals surface area contributed by atoms with Gasteiger partial charge in [-0.05, 0) is 6.92 Å². The number of hydrogen-bond donors (Lipinski definition) is 1. The van der Waals surface area contributed by atoms with Crippen LogP contribution in [0.1, 0.15) is 25.2 Å². The molecule has 0 fully saturated rings. The Morgan fingerprint density at radius 3 is 2.71 bits per heavy atom. The van der Waals surface area contributed by atoms with Crippen molar-refractivity contribution in [3.63, 3.8) is 0 Å². The molecule has 2 aromatic rings. The maximum atomic E-state index is 4.28. The van der Waals surface area contributed by atoms with Gasteiger partial charge in [-0.1, -0.05) is 19.1 Å². The van der Waals surface area contributed by atoms with Gasteiger partial charge in [-0.2, -0.15) is 5.10 Å². The average molecular weight is 234 g/mol. The Balaban J connectivity index is 2.15. The Bertz CT molecular complexity index is 496. The Morgan fingerprint density at radius 2 is 2.12 bits per heavy atom. The van der Waals surface area contributed by atoms with Crippen molar-refractivity contribution in [2.45, 2.75) is 33.4 Å². The minimum atomic E-state index is 0.445. The van der Waals surface area contributed by atoms with Gasteiger partial charge in [0.1, 0.15) is 5.69 Å². The summed E-state index contributed by atoms with van der Waals surface area (Å²) in [6, 6.07) is 0.445. The fourth-order valence-corrected chi connectivity index (χ4v) is 1.62. The number of rotatable bonds is 4. The van der Waals surface area contributed by atoms with Crippen LogP contribution in [0, 0.1) is 6.92 Å². The van der Waals surface area contributed by atoms with Gasteiger partial charge < -0.3 is 5.32 Å². The van der Waals surface area contributed by atoms with Crippen LogP contribution < -0.4 is 5.32 Å². The number of nitrogens with one attached hydrogen (secondary N) is 1. The van der Waals surface area contributed by atoms with E-state index in [9.17, 15) is 0 Å². The van der Waals surface area contributed by atoms with Crippen molar-refractivity contribution < 1.29 is 0 Å². The van der Waals surface area contributed by atoms with Crippen LogP contribution in [0.15, 0.2) is 12.4 Å². The van der Waals surface area contributed by atoms with Crippen molar-refractivity contribution in [3.8, 4) is 5.69 Å². The molecule has 0 aliphatic carbocycles. The lowest BCUT2D eigenvalue weighted by molar-refractivity contribution is 0.580. The van der Waals surface area contributed by atoms with Crippen LogP contribution in [0.5, 0.6) is 0 Å². The number of nitrogens with zero attached hydrogens (tertiary/aromatic N) is 5. The normalized spacial score (nSPS) is 11.4. The number of aryl methyl sites for hydroxylation is 2. The van der Waals surface area contributed by atoms with E-state index in [1.165, 1.54) is 0 Å². The average Bonchev–Trinajstić information content (AvgIpc) is 2.82. The summed E-state index contributed by atoms with van der Waals surface area (Å²) in [7, 11) is 1.90. The molecule has 0 radical (unpaired) electrons. The smallest absolute Gasteiger partial charge is 0.107 e. The third-order valence-corrected chi connectivity index (χ3v) is 2.47. The van der Waals surface area contributed by atoms with E-state index in [1.807, 2.05) is 26.4 Å². The van der Waals surface area contributed by atoms with Gasteiger partial charge in [-0.15, -0.1) is 5.10 Å². The molecule has 0 saturated heterocycles. The first-order valence-electron chi connectivity index (χ1n) is 5.71. The molecule has 92 valence electrons. The van der Waals surface area contributed by atoms with E-state index in [-0.39, 0.29) is 0 Å². The first-order valence-corrected chi connectivity index (χ1v) is 5.71. The summed E-state index contributed by atoms with van der Waals surface area (Å²) in [6.45, 7) is 6.91. The fraction of sp³-hybridized carbons (Fsp3) is 0.545. The molecule has 2 aromatic heterocycles. The zero-order valence-corrected chi connectivity index (χ0v) is 10.7. The highest BCUT2D eigenvalue weighted by molar-refractivity contribution is 5.32. The van der Waals surface area contributed by atoms with Crippen LogP contribution in [0.3, 0.4) is 0 Å². The van der Waals surface area contributed by atoms with Crippen LogP contribution in [-0.2, 0) is 13.6 Å². The van der Waals surface area contributed by atoms with Crippen LogP contribution in [0.2, 0.25) is 0 Å². The third-order valence-electron chi connectivity index (χ3n) is 2.47. The van der Waals surface area contributed by atoms with Crippen LogP contribution in [0.25, 0.3) is 5.69 Å². The predicted octanol–water partition coefficient (Wildman–Crippen LogP) is 0.807. The van der Waals surface area contributed by atoms with E-state index in [2.05, 4.69) is 34.6 Å². The van der Waals surface area contributed by atoms with Gasteiger partial charge in [0.25, 0.3) is 0 Å². The second kappa shape index (κ2) is 4.67. The Hall–Kier alpha value is -1.69. The molecule has 0 atom stereocenters. The Labute approximate surface area is 101 Å². The Kier molecular flexibility index (Phi) is 3.23. The summed E-state index contributed by atoms with van der Waals surface area (Å²) < 4.78 is 3.54. The number of hydrogen-bond acceptors (Lipinski definition) is 4. The van der Waals surface area contributed by atoms with Gasteiger partial charge in [0.2, 0.25) is 0 Å². The maximum absolute atomic E-state index is 4.28. The lowest BCUT2D eigenvalue weighted by Crippen LogP contribution is -2.21. The fourth-order valence-electron chi connectivity index (χ4n) is 1.62. The lowest BCUT2D eigenvalue weighted by Gasteiger charge is -2.03. The first-order chi connectivity index (χ1) is 8.06. The third kappa shape index (κ3) is 2.71. The van der Waals surface area contributed by atoms with E-state index in [0.29, 0.717) is 6.04 Å². The second-order valence-electron chi connectivity index (χ2n) is 4.46. The summed E-state index contributed by atoms with van der Waals surface area (Å²) in [4.78, 5) is 0. The van der Waals surface area contributed by atoms with Crippen molar-refractivity contribution in [2.24, 2.45) is 7.05 Å². The van der Waals surface area contributed by atoms with Crippen molar-refractivity contribution in [1.82, 2.24) is 30.1 Å². The van der Waals surface area contributed by atoms with Gasteiger partial charge in [0.15, 0.2) is 0 Å². The van der Waals surface area contributed by atoms with Crippen LogP contribution in [0.4, 0.5) is 0 Å². The monoisotopic (exact) mass is 234 g/mol. The molecule has 0 aliphatic rings.